The summed E-state index contributed by atoms with van der Waals surface area (Å²) in [6.45, 7) is 13.6. The van der Waals surface area contributed by atoms with Gasteiger partial charge in [0.15, 0.2) is 0 Å². The molecule has 3 aliphatic rings. The van der Waals surface area contributed by atoms with Crippen LogP contribution in [0.15, 0.2) is 24.7 Å². The molecule has 0 aromatic carbocycles. The molecule has 5 heteroatoms. The zero-order valence-corrected chi connectivity index (χ0v) is 19.9. The Hall–Kier alpha value is -1.59. The van der Waals surface area contributed by atoms with E-state index >= 15 is 0 Å². The van der Waals surface area contributed by atoms with Crippen molar-refractivity contribution in [2.45, 2.75) is 58.3 Å². The monoisotopic (exact) mass is 423 g/mol. The van der Waals surface area contributed by atoms with Crippen molar-refractivity contribution >= 4 is 11.3 Å². The van der Waals surface area contributed by atoms with Crippen LogP contribution in [-0.2, 0) is 0 Å². The number of fused-ring (bicyclic) bond motifs is 1. The average molecular weight is 424 g/mol. The SMILES string of the molecule is CCC(C)c1cc2nccn2cc1N1CCC(CN2CCC3(CCN(C)C3)CC2)CC1. The summed E-state index contributed by atoms with van der Waals surface area (Å²) in [5, 5.41) is 0. The van der Waals surface area contributed by atoms with E-state index in [2.05, 4.69) is 63.4 Å². The van der Waals surface area contributed by atoms with Crippen LogP contribution >= 0.6 is 0 Å². The van der Waals surface area contributed by atoms with Crippen molar-refractivity contribution in [2.75, 3.05) is 57.8 Å². The summed E-state index contributed by atoms with van der Waals surface area (Å²) in [5.74, 6) is 1.44. The molecular formula is C26H41N5. The third-order valence-corrected chi connectivity index (χ3v) is 8.70. The molecule has 3 fully saturated rings. The molecule has 2 aromatic rings. The summed E-state index contributed by atoms with van der Waals surface area (Å²) >= 11 is 0. The minimum absolute atomic E-state index is 0.574. The highest BCUT2D eigenvalue weighted by Gasteiger charge is 2.39. The molecule has 5 nitrogen and oxygen atoms in total. The van der Waals surface area contributed by atoms with Gasteiger partial charge in [0, 0.05) is 44.8 Å². The molecule has 2 aromatic heterocycles. The van der Waals surface area contributed by atoms with Crippen molar-refractivity contribution in [3.63, 3.8) is 0 Å². The molecule has 5 rings (SSSR count). The largest absolute Gasteiger partial charge is 0.370 e. The Morgan fingerprint density at radius 2 is 1.84 bits per heavy atom. The number of likely N-dealkylation sites (tertiary alicyclic amines) is 2. The Kier molecular flexibility index (Phi) is 6.00. The molecular weight excluding hydrogens is 382 g/mol. The van der Waals surface area contributed by atoms with Gasteiger partial charge in [0.25, 0.3) is 0 Å². The summed E-state index contributed by atoms with van der Waals surface area (Å²) < 4.78 is 2.19. The molecule has 0 bridgehead atoms. The van der Waals surface area contributed by atoms with Gasteiger partial charge in [0.2, 0.25) is 0 Å². The lowest BCUT2D eigenvalue weighted by molar-refractivity contribution is 0.0938. The average Bonchev–Trinajstić information content (AvgIpc) is 3.40. The lowest BCUT2D eigenvalue weighted by Gasteiger charge is -2.42. The first kappa shape index (κ1) is 21.3. The maximum Gasteiger partial charge on any atom is 0.137 e. The number of aromatic nitrogens is 2. The molecule has 1 spiro atoms. The first-order valence-corrected chi connectivity index (χ1v) is 12.7. The fourth-order valence-corrected chi connectivity index (χ4v) is 6.34. The molecule has 31 heavy (non-hydrogen) atoms. The molecule has 1 unspecified atom stereocenters. The van der Waals surface area contributed by atoms with E-state index in [0.29, 0.717) is 11.3 Å². The molecule has 0 saturated carbocycles. The number of piperidine rings is 2. The predicted molar refractivity (Wildman–Crippen MR) is 129 cm³/mol. The number of anilines is 1. The standard InChI is InChI=1S/C26H41N5/c1-4-21(2)23-17-25-27-10-16-31(25)19-24(23)30-11-5-22(6-12-30)18-29-14-8-26(9-15-29)7-13-28(3)20-26/h10,16-17,19,21-22H,4-9,11-15,18,20H2,1-3H3. The summed E-state index contributed by atoms with van der Waals surface area (Å²) in [6.07, 6.45) is 14.4. The Bertz CT molecular complexity index is 873. The summed E-state index contributed by atoms with van der Waals surface area (Å²) in [6, 6.07) is 2.32. The van der Waals surface area contributed by atoms with Crippen LogP contribution in [0.3, 0.4) is 0 Å². The number of hydrogen-bond donors (Lipinski definition) is 0. The molecule has 3 saturated heterocycles. The van der Waals surface area contributed by atoms with Crippen LogP contribution in [0.4, 0.5) is 5.69 Å². The smallest absolute Gasteiger partial charge is 0.137 e. The van der Waals surface area contributed by atoms with Crippen LogP contribution in [0.1, 0.15) is 63.9 Å². The van der Waals surface area contributed by atoms with Crippen LogP contribution in [0, 0.1) is 11.3 Å². The van der Waals surface area contributed by atoms with Gasteiger partial charge in [0.05, 0.1) is 5.69 Å². The lowest BCUT2D eigenvalue weighted by Crippen LogP contribution is -2.45. The van der Waals surface area contributed by atoms with E-state index in [1.165, 1.54) is 95.6 Å². The van der Waals surface area contributed by atoms with Crippen molar-refractivity contribution in [1.29, 1.82) is 0 Å². The van der Waals surface area contributed by atoms with Gasteiger partial charge < -0.3 is 19.1 Å². The van der Waals surface area contributed by atoms with Gasteiger partial charge in [-0.15, -0.1) is 0 Å². The fourth-order valence-electron chi connectivity index (χ4n) is 6.34. The summed E-state index contributed by atoms with van der Waals surface area (Å²) in [7, 11) is 2.30. The molecule has 0 amide bonds. The van der Waals surface area contributed by atoms with Crippen LogP contribution in [-0.4, -0.2) is 72.0 Å². The van der Waals surface area contributed by atoms with E-state index in [-0.39, 0.29) is 0 Å². The first-order valence-electron chi connectivity index (χ1n) is 12.7. The van der Waals surface area contributed by atoms with Gasteiger partial charge in [-0.3, -0.25) is 0 Å². The second kappa shape index (κ2) is 8.74. The minimum atomic E-state index is 0.574. The Morgan fingerprint density at radius 1 is 1.10 bits per heavy atom. The van der Waals surface area contributed by atoms with Gasteiger partial charge >= 0.3 is 0 Å². The van der Waals surface area contributed by atoms with Crippen LogP contribution in [0.25, 0.3) is 5.65 Å². The van der Waals surface area contributed by atoms with Gasteiger partial charge in [0.1, 0.15) is 5.65 Å². The normalized spacial score (nSPS) is 24.4. The van der Waals surface area contributed by atoms with Gasteiger partial charge in [-0.05, 0) is 94.1 Å². The highest BCUT2D eigenvalue weighted by atomic mass is 15.2. The number of nitrogens with zero attached hydrogens (tertiary/aromatic N) is 5. The zero-order valence-electron chi connectivity index (χ0n) is 19.9. The van der Waals surface area contributed by atoms with Gasteiger partial charge in [-0.1, -0.05) is 13.8 Å². The predicted octanol–water partition coefficient (Wildman–Crippen LogP) is 4.48. The van der Waals surface area contributed by atoms with E-state index in [9.17, 15) is 0 Å². The Morgan fingerprint density at radius 3 is 2.52 bits per heavy atom. The quantitative estimate of drug-likeness (QED) is 0.708. The molecule has 5 heterocycles. The molecule has 0 N–H and O–H groups in total. The van der Waals surface area contributed by atoms with E-state index in [1.807, 2.05) is 6.20 Å². The summed E-state index contributed by atoms with van der Waals surface area (Å²) in [5.41, 5.74) is 4.63. The van der Waals surface area contributed by atoms with Crippen molar-refractivity contribution < 1.29 is 0 Å². The number of imidazole rings is 1. The molecule has 170 valence electrons. The Balaban J connectivity index is 1.18. The lowest BCUT2D eigenvalue weighted by atomic mass is 9.77. The minimum Gasteiger partial charge on any atom is -0.370 e. The first-order chi connectivity index (χ1) is 15.0. The number of pyridine rings is 1. The van der Waals surface area contributed by atoms with Crippen molar-refractivity contribution in [3.8, 4) is 0 Å². The second-order valence-electron chi connectivity index (χ2n) is 10.8. The topological polar surface area (TPSA) is 27.0 Å². The van der Waals surface area contributed by atoms with Gasteiger partial charge in [-0.25, -0.2) is 4.98 Å². The number of rotatable bonds is 5. The molecule has 0 radical (unpaired) electrons. The van der Waals surface area contributed by atoms with Crippen LogP contribution in [0.5, 0.6) is 0 Å². The van der Waals surface area contributed by atoms with E-state index in [4.69, 9.17) is 0 Å². The second-order valence-corrected chi connectivity index (χ2v) is 10.8. The van der Waals surface area contributed by atoms with E-state index in [0.717, 1.165) is 11.6 Å². The zero-order chi connectivity index (χ0) is 21.4. The van der Waals surface area contributed by atoms with Crippen LogP contribution in [0.2, 0.25) is 0 Å². The van der Waals surface area contributed by atoms with Gasteiger partial charge in [-0.2, -0.15) is 0 Å². The third kappa shape index (κ3) is 4.36. The third-order valence-electron chi connectivity index (χ3n) is 8.70. The van der Waals surface area contributed by atoms with E-state index in [1.54, 1.807) is 0 Å². The molecule has 3 aliphatic heterocycles. The highest BCUT2D eigenvalue weighted by molar-refractivity contribution is 5.60. The fraction of sp³-hybridized carbons (Fsp3) is 0.731. The number of hydrogen-bond acceptors (Lipinski definition) is 4. The maximum atomic E-state index is 4.53. The Labute approximate surface area is 188 Å². The van der Waals surface area contributed by atoms with Crippen LogP contribution < -0.4 is 4.90 Å². The maximum absolute atomic E-state index is 4.53. The summed E-state index contributed by atoms with van der Waals surface area (Å²) in [4.78, 5) is 12.5. The van der Waals surface area contributed by atoms with E-state index < -0.39 is 0 Å². The molecule has 1 atom stereocenters. The van der Waals surface area contributed by atoms with Crippen molar-refractivity contribution in [3.05, 3.63) is 30.2 Å². The molecule has 0 aliphatic carbocycles. The van der Waals surface area contributed by atoms with Crippen molar-refractivity contribution in [2.24, 2.45) is 11.3 Å². The van der Waals surface area contributed by atoms with Crippen molar-refractivity contribution in [1.82, 2.24) is 19.2 Å². The highest BCUT2D eigenvalue weighted by Crippen LogP contribution is 2.40.